The van der Waals surface area contributed by atoms with Gasteiger partial charge in [0.15, 0.2) is 0 Å². The van der Waals surface area contributed by atoms with Crippen LogP contribution in [0.5, 0.6) is 0 Å². The highest BCUT2D eigenvalue weighted by Gasteiger charge is 2.62. The monoisotopic (exact) mass is 2140 g/mol. The molecule has 402 valence electrons. The highest BCUT2D eigenvalue weighted by molar-refractivity contribution is 9.55. The minimum absolute atomic E-state index is 0.242. The van der Waals surface area contributed by atoms with E-state index in [0.717, 1.165) is 7.96 Å². The van der Waals surface area contributed by atoms with E-state index >= 15 is 0 Å². The average molecular weight is 2140 g/mol. The topological polar surface area (TPSA) is 0 Å². The van der Waals surface area contributed by atoms with Crippen LogP contribution < -0.4 is 0 Å². The van der Waals surface area contributed by atoms with Crippen molar-refractivity contribution in [1.82, 2.24) is 0 Å². The summed E-state index contributed by atoms with van der Waals surface area (Å²) in [6, 6.07) is 0. The second kappa shape index (κ2) is 52.7. The summed E-state index contributed by atoms with van der Waals surface area (Å²) in [5.74, 6) is 0. The molecule has 0 aliphatic rings. The summed E-state index contributed by atoms with van der Waals surface area (Å²) < 4.78 is 0. The van der Waals surface area contributed by atoms with Crippen LogP contribution in [0.1, 0.15) is 0 Å². The lowest BCUT2D eigenvalue weighted by Crippen LogP contribution is -1.74. The lowest BCUT2D eigenvalue weighted by molar-refractivity contribution is 4.32. The highest BCUT2D eigenvalue weighted by Crippen LogP contribution is 3.50. The van der Waals surface area contributed by atoms with Gasteiger partial charge in [-0.05, 0) is 224 Å². The Morgan fingerprint density at radius 3 is 0.403 bits per heavy atom. The van der Waals surface area contributed by atoms with Gasteiger partial charge in [-0.3, -0.25) is 0 Å². The van der Waals surface area contributed by atoms with E-state index in [1.165, 1.54) is 0 Å². The molecule has 0 saturated heterocycles. The van der Waals surface area contributed by atoms with Crippen molar-refractivity contribution in [2.75, 3.05) is 0 Å². The molecule has 39 atom stereocenters. The first-order chi connectivity index (χ1) is 30.5. The molecule has 0 rings (SSSR count). The summed E-state index contributed by atoms with van der Waals surface area (Å²) in [4.78, 5) is 0. The van der Waals surface area contributed by atoms with Crippen molar-refractivity contribution in [2.45, 2.75) is 0 Å². The Morgan fingerprint density at radius 2 is 0.299 bits per heavy atom. The van der Waals surface area contributed by atoms with Crippen molar-refractivity contribution >= 4 is 535 Å². The van der Waals surface area contributed by atoms with Gasteiger partial charge in [-0.15, -0.1) is 286 Å². The maximum atomic E-state index is 4.65. The summed E-state index contributed by atoms with van der Waals surface area (Å²) in [5.41, 5.74) is 0. The third-order valence-corrected chi connectivity index (χ3v) is 473. The molecular weight excluding hydrogens is 2080 g/mol. The molecule has 2 radical (unpaired) electrons. The molecular formula is H67P67. The van der Waals surface area contributed by atoms with Crippen LogP contribution in [0.3, 0.4) is 0 Å². The molecule has 0 amide bonds. The molecule has 39 unspecified atom stereocenters. The van der Waals surface area contributed by atoms with Crippen molar-refractivity contribution < 1.29 is 0 Å². The van der Waals surface area contributed by atoms with Crippen LogP contribution in [-0.4, -0.2) is 0 Å². The number of hydrogen-bond donors (Lipinski definition) is 0. The minimum Gasteiger partial charge on any atom is -0.102 e. The van der Waals surface area contributed by atoms with Crippen LogP contribution >= 0.6 is 535 Å². The minimum atomic E-state index is -0.363. The molecule has 0 fully saturated rings. The lowest BCUT2D eigenvalue weighted by atomic mass is 28.4. The zero-order valence-electron chi connectivity index (χ0n) is 34.3. The Hall–Kier alpha value is 28.8. The Morgan fingerprint density at radius 1 is 0.179 bits per heavy atom. The van der Waals surface area contributed by atoms with E-state index in [1.54, 1.807) is 0 Å². The Balaban J connectivity index is 11.4. The van der Waals surface area contributed by atoms with Crippen molar-refractivity contribution in [1.29, 1.82) is 0 Å². The quantitative estimate of drug-likeness (QED) is 0.0589. The van der Waals surface area contributed by atoms with Gasteiger partial charge in [0.25, 0.3) is 0 Å². The molecule has 67 heteroatoms. The van der Waals surface area contributed by atoms with Crippen LogP contribution in [0.2, 0.25) is 0 Å². The maximum absolute atomic E-state index is 4.65. The van der Waals surface area contributed by atoms with Crippen molar-refractivity contribution in [3.05, 3.63) is 0 Å². The van der Waals surface area contributed by atoms with Crippen LogP contribution in [0.15, 0.2) is 0 Å². The van der Waals surface area contributed by atoms with Gasteiger partial charge in [0.1, 0.15) is 0 Å². The smallest absolute Gasteiger partial charge is 0.00000908 e. The standard InChI is InChI=1S/H67P67/c1-35-52(34)61(53(36(2)3)37(4)5)65(60(50(30)31)51(32)33)67(64(58(46(22)23)47(24)25)59(48(26)27)49(28)29)66(62(54(38(6)7)39(8)9)55(40(10)11)41(12)13)63(56(42(14)15)43(16)17)57(44(18)19)45(20)21/h1-2,35H,3-34H2. The van der Waals surface area contributed by atoms with Gasteiger partial charge in [0, 0.05) is 0 Å². The molecule has 0 heterocycles. The van der Waals surface area contributed by atoms with Gasteiger partial charge in [0.05, 0.1) is 0 Å². The molecule has 0 bridgehead atoms. The predicted octanol–water partition coefficient (Wildman–Crippen LogP) is 39.8. The second-order valence-electron chi connectivity index (χ2n) is 10.5. The Kier molecular flexibility index (Phi) is 75.4. The molecule has 0 aromatic carbocycles. The van der Waals surface area contributed by atoms with Crippen molar-refractivity contribution in [2.24, 2.45) is 0 Å². The average Bonchev–Trinajstić information content (AvgIpc) is 3.11. The molecule has 67 heavy (non-hydrogen) atoms. The van der Waals surface area contributed by atoms with E-state index in [0.29, 0.717) is 0 Å². The molecule has 0 spiro atoms. The van der Waals surface area contributed by atoms with Gasteiger partial charge in [-0.1, -0.05) is 25.8 Å². The molecule has 0 nitrogen and oxygen atoms in total. The summed E-state index contributed by atoms with van der Waals surface area (Å²) >= 11 is 0. The van der Waals surface area contributed by atoms with E-state index in [1.807, 2.05) is 0 Å². The second-order valence-corrected chi connectivity index (χ2v) is 284. The summed E-state index contributed by atoms with van der Waals surface area (Å²) in [7, 11) is 125. The van der Waals surface area contributed by atoms with Gasteiger partial charge in [-0.2, -0.15) is 0 Å². The van der Waals surface area contributed by atoms with Gasteiger partial charge in [-0.25, -0.2) is 0 Å². The zero-order chi connectivity index (χ0) is 53.2. The third kappa shape index (κ3) is 34.1. The Bertz CT molecular complexity index is 1080. The fraction of sp³-hybridized carbons (Fsp3) is 0. The summed E-state index contributed by atoms with van der Waals surface area (Å²) in [6.07, 6.45) is 0. The van der Waals surface area contributed by atoms with Gasteiger partial charge < -0.3 is 0 Å². The molecule has 0 saturated carbocycles. The van der Waals surface area contributed by atoms with Crippen LogP contribution in [-0.2, 0) is 0 Å². The SMILES string of the molecule is [PH]PP(P)P(P(P([PH])P)P(P)P)P(P(P(P)P)P(P)P)P(P(P(P(P)P)P(P)P)P(P(P)P)P(P)P)P(P(P(P(P)P)P(P)P)P(P(P)P)P(P)P)P(P(P(P)P)P(P)P)P(P(P)P)P(P)P. The molecule has 0 N–H and O–H groups in total. The largest absolute Gasteiger partial charge is 0.102 e. The summed E-state index contributed by atoms with van der Waals surface area (Å²) in [6.45, 7) is -9.16. The number of rotatable bonds is 32. The Labute approximate surface area is 527 Å². The first-order valence-electron chi connectivity index (χ1n) is 15.2. The van der Waals surface area contributed by atoms with E-state index in [2.05, 4.69) is 304 Å². The molecule has 0 aliphatic carbocycles. The lowest BCUT2D eigenvalue weighted by Gasteiger charge is -2.61. The fourth-order valence-corrected chi connectivity index (χ4v) is 971. The zero-order valence-corrected chi connectivity index (χ0v) is 103. The fourth-order valence-electron chi connectivity index (χ4n) is 3.99. The number of hydrogen-bond acceptors (Lipinski definition) is 0. The van der Waals surface area contributed by atoms with Crippen molar-refractivity contribution in [3.8, 4) is 0 Å². The van der Waals surface area contributed by atoms with E-state index in [4.69, 9.17) is 0 Å². The molecule has 0 aromatic heterocycles. The first-order valence-corrected chi connectivity index (χ1v) is 136. The first kappa shape index (κ1) is 95.8. The highest BCUT2D eigenvalue weighted by atomic mass is 33.6. The van der Waals surface area contributed by atoms with Gasteiger partial charge in [0.2, 0.25) is 0 Å². The molecule has 0 aromatic rings. The van der Waals surface area contributed by atoms with Gasteiger partial charge >= 0.3 is 0 Å². The maximum Gasteiger partial charge on any atom is -0.00000908 e. The predicted molar refractivity (Wildman–Crippen MR) is 557 cm³/mol. The van der Waals surface area contributed by atoms with Crippen LogP contribution in [0.4, 0.5) is 0 Å². The van der Waals surface area contributed by atoms with E-state index in [-0.39, 0.29) is 224 Å². The van der Waals surface area contributed by atoms with Crippen LogP contribution in [0.25, 0.3) is 0 Å². The normalized spacial score (nSPS) is 16.4. The van der Waals surface area contributed by atoms with E-state index in [9.17, 15) is 0 Å². The molecule has 0 aliphatic heterocycles. The van der Waals surface area contributed by atoms with Crippen LogP contribution in [0, 0.1) is 0 Å². The summed E-state index contributed by atoms with van der Waals surface area (Å²) in [5, 5.41) is 0. The van der Waals surface area contributed by atoms with E-state index < -0.39 is 0 Å². The van der Waals surface area contributed by atoms with Crippen molar-refractivity contribution in [3.63, 3.8) is 0 Å². The third-order valence-electron chi connectivity index (χ3n) is 5.84.